The number of carbonyl (C=O) groups excluding carboxylic acids is 1. The largest absolute Gasteiger partial charge is 0.326 e. The van der Waals surface area contributed by atoms with Crippen molar-refractivity contribution in [3.05, 3.63) is 33.9 Å². The van der Waals surface area contributed by atoms with Gasteiger partial charge in [-0.2, -0.15) is 0 Å². The molecule has 0 aliphatic carbocycles. The standard InChI is InChI=1S/C16H23N3O3/c1-11(13-6-8-17-9-7-13)10-16(20)18-14-4-3-5-15(12(14)2)19(21)22/h3-5,11,13,17H,6-10H2,1-2H3,(H,18,20). The molecule has 120 valence electrons. The van der Waals surface area contributed by atoms with Gasteiger partial charge in [0.25, 0.3) is 5.69 Å². The first-order chi connectivity index (χ1) is 10.5. The van der Waals surface area contributed by atoms with E-state index in [1.165, 1.54) is 6.07 Å². The van der Waals surface area contributed by atoms with Crippen molar-refractivity contribution in [2.75, 3.05) is 18.4 Å². The fourth-order valence-electron chi connectivity index (χ4n) is 3.03. The number of nitrogens with zero attached hydrogens (tertiary/aromatic N) is 1. The van der Waals surface area contributed by atoms with E-state index in [-0.39, 0.29) is 11.6 Å². The molecule has 2 N–H and O–H groups in total. The van der Waals surface area contributed by atoms with Gasteiger partial charge in [-0.25, -0.2) is 0 Å². The summed E-state index contributed by atoms with van der Waals surface area (Å²) in [6.45, 7) is 5.79. The van der Waals surface area contributed by atoms with E-state index >= 15 is 0 Å². The molecule has 1 atom stereocenters. The Bertz CT molecular complexity index is 554. The summed E-state index contributed by atoms with van der Waals surface area (Å²) < 4.78 is 0. The fourth-order valence-corrected chi connectivity index (χ4v) is 3.03. The number of nitrogens with one attached hydrogen (secondary N) is 2. The van der Waals surface area contributed by atoms with E-state index in [0.29, 0.717) is 29.5 Å². The van der Waals surface area contributed by atoms with Crippen LogP contribution in [-0.4, -0.2) is 23.9 Å². The number of rotatable bonds is 5. The molecule has 6 heteroatoms. The Labute approximate surface area is 130 Å². The average molecular weight is 305 g/mol. The van der Waals surface area contributed by atoms with Crippen LogP contribution in [0.2, 0.25) is 0 Å². The Morgan fingerprint density at radius 2 is 2.14 bits per heavy atom. The Morgan fingerprint density at radius 3 is 2.77 bits per heavy atom. The third-order valence-electron chi connectivity index (χ3n) is 4.47. The van der Waals surface area contributed by atoms with Gasteiger partial charge in [0.15, 0.2) is 0 Å². The number of hydrogen-bond acceptors (Lipinski definition) is 4. The maximum absolute atomic E-state index is 12.2. The highest BCUT2D eigenvalue weighted by Gasteiger charge is 2.22. The highest BCUT2D eigenvalue weighted by molar-refractivity contribution is 5.92. The number of hydrogen-bond donors (Lipinski definition) is 2. The summed E-state index contributed by atoms with van der Waals surface area (Å²) in [5, 5.41) is 17.1. The second-order valence-corrected chi connectivity index (χ2v) is 6.02. The van der Waals surface area contributed by atoms with Gasteiger partial charge >= 0.3 is 0 Å². The number of nitro groups is 1. The zero-order valence-electron chi connectivity index (χ0n) is 13.1. The summed E-state index contributed by atoms with van der Waals surface area (Å²) in [4.78, 5) is 22.7. The van der Waals surface area contributed by atoms with E-state index in [4.69, 9.17) is 0 Å². The third kappa shape index (κ3) is 4.04. The van der Waals surface area contributed by atoms with Crippen molar-refractivity contribution in [2.24, 2.45) is 11.8 Å². The summed E-state index contributed by atoms with van der Waals surface area (Å²) in [5.41, 5.74) is 1.05. The zero-order valence-corrected chi connectivity index (χ0v) is 13.1. The molecule has 0 aromatic heterocycles. The first kappa shape index (κ1) is 16.4. The molecular weight excluding hydrogens is 282 g/mol. The van der Waals surface area contributed by atoms with E-state index in [1.54, 1.807) is 19.1 Å². The van der Waals surface area contributed by atoms with Crippen molar-refractivity contribution in [1.82, 2.24) is 5.32 Å². The predicted octanol–water partition coefficient (Wildman–Crippen LogP) is 2.87. The van der Waals surface area contributed by atoms with Gasteiger partial charge in [0.2, 0.25) is 5.91 Å². The molecular formula is C16H23N3O3. The fraction of sp³-hybridized carbons (Fsp3) is 0.562. The lowest BCUT2D eigenvalue weighted by molar-refractivity contribution is -0.385. The molecule has 1 heterocycles. The van der Waals surface area contributed by atoms with Crippen molar-refractivity contribution in [3.8, 4) is 0 Å². The monoisotopic (exact) mass is 305 g/mol. The molecule has 1 aromatic rings. The van der Waals surface area contributed by atoms with Gasteiger partial charge in [0.05, 0.1) is 16.2 Å². The average Bonchev–Trinajstić information content (AvgIpc) is 2.50. The number of benzene rings is 1. The van der Waals surface area contributed by atoms with Crippen LogP contribution >= 0.6 is 0 Å². The van der Waals surface area contributed by atoms with Crippen LogP contribution in [0.5, 0.6) is 0 Å². The van der Waals surface area contributed by atoms with Crippen molar-refractivity contribution in [2.45, 2.75) is 33.1 Å². The number of carbonyl (C=O) groups is 1. The quantitative estimate of drug-likeness (QED) is 0.647. The van der Waals surface area contributed by atoms with Crippen LogP contribution in [0, 0.1) is 28.9 Å². The summed E-state index contributed by atoms with van der Waals surface area (Å²) in [6, 6.07) is 4.75. The topological polar surface area (TPSA) is 84.3 Å². The van der Waals surface area contributed by atoms with Crippen LogP contribution in [0.15, 0.2) is 18.2 Å². The summed E-state index contributed by atoms with van der Waals surface area (Å²) in [5.74, 6) is 0.814. The van der Waals surface area contributed by atoms with E-state index in [0.717, 1.165) is 25.9 Å². The second kappa shape index (κ2) is 7.35. The van der Waals surface area contributed by atoms with Crippen LogP contribution in [0.3, 0.4) is 0 Å². The molecule has 1 aromatic carbocycles. The number of anilines is 1. The number of nitro benzene ring substituents is 1. The van der Waals surface area contributed by atoms with Crippen molar-refractivity contribution < 1.29 is 9.72 Å². The van der Waals surface area contributed by atoms with Crippen molar-refractivity contribution >= 4 is 17.3 Å². The van der Waals surface area contributed by atoms with E-state index in [1.807, 2.05) is 0 Å². The molecule has 0 bridgehead atoms. The lowest BCUT2D eigenvalue weighted by atomic mass is 9.84. The first-order valence-corrected chi connectivity index (χ1v) is 7.73. The summed E-state index contributed by atoms with van der Waals surface area (Å²) >= 11 is 0. The van der Waals surface area contributed by atoms with E-state index < -0.39 is 4.92 Å². The molecule has 1 aliphatic heterocycles. The molecule has 0 saturated carbocycles. The number of piperidine rings is 1. The van der Waals surface area contributed by atoms with Crippen LogP contribution in [0.1, 0.15) is 31.7 Å². The highest BCUT2D eigenvalue weighted by Crippen LogP contribution is 2.27. The third-order valence-corrected chi connectivity index (χ3v) is 4.47. The Morgan fingerprint density at radius 1 is 1.45 bits per heavy atom. The second-order valence-electron chi connectivity index (χ2n) is 6.02. The Balaban J connectivity index is 1.97. The maximum atomic E-state index is 12.2. The van der Waals surface area contributed by atoms with E-state index in [2.05, 4.69) is 17.6 Å². The van der Waals surface area contributed by atoms with Gasteiger partial charge in [0.1, 0.15) is 0 Å². The summed E-state index contributed by atoms with van der Waals surface area (Å²) in [6.07, 6.45) is 2.65. The van der Waals surface area contributed by atoms with Crippen LogP contribution in [0.25, 0.3) is 0 Å². The smallest absolute Gasteiger partial charge is 0.274 e. The van der Waals surface area contributed by atoms with Gasteiger partial charge in [-0.05, 0) is 50.8 Å². The number of amides is 1. The minimum atomic E-state index is -0.428. The van der Waals surface area contributed by atoms with Gasteiger partial charge in [-0.15, -0.1) is 0 Å². The molecule has 1 unspecified atom stereocenters. The normalized spacial score (nSPS) is 17.0. The minimum absolute atomic E-state index is 0.0317. The maximum Gasteiger partial charge on any atom is 0.274 e. The lowest BCUT2D eigenvalue weighted by Crippen LogP contribution is -2.32. The lowest BCUT2D eigenvalue weighted by Gasteiger charge is -2.27. The van der Waals surface area contributed by atoms with Gasteiger partial charge in [-0.1, -0.05) is 13.0 Å². The molecule has 1 amide bonds. The molecule has 6 nitrogen and oxygen atoms in total. The van der Waals surface area contributed by atoms with Crippen LogP contribution in [-0.2, 0) is 4.79 Å². The molecule has 1 aliphatic rings. The summed E-state index contributed by atoms with van der Waals surface area (Å²) in [7, 11) is 0. The predicted molar refractivity (Wildman–Crippen MR) is 85.8 cm³/mol. The van der Waals surface area contributed by atoms with Crippen LogP contribution < -0.4 is 10.6 Å². The van der Waals surface area contributed by atoms with Gasteiger partial charge in [0, 0.05) is 12.5 Å². The highest BCUT2D eigenvalue weighted by atomic mass is 16.6. The Hall–Kier alpha value is -1.95. The zero-order chi connectivity index (χ0) is 16.1. The Kier molecular flexibility index (Phi) is 5.49. The molecule has 22 heavy (non-hydrogen) atoms. The van der Waals surface area contributed by atoms with Gasteiger partial charge < -0.3 is 10.6 Å². The molecule has 0 spiro atoms. The minimum Gasteiger partial charge on any atom is -0.326 e. The molecule has 1 saturated heterocycles. The molecule has 0 radical (unpaired) electrons. The van der Waals surface area contributed by atoms with Crippen molar-refractivity contribution in [1.29, 1.82) is 0 Å². The van der Waals surface area contributed by atoms with Crippen LogP contribution in [0.4, 0.5) is 11.4 Å². The first-order valence-electron chi connectivity index (χ1n) is 7.73. The van der Waals surface area contributed by atoms with Crippen molar-refractivity contribution in [3.63, 3.8) is 0 Å². The molecule has 2 rings (SSSR count). The molecule has 1 fully saturated rings. The SMILES string of the molecule is Cc1c(NC(=O)CC(C)C2CCNCC2)cccc1[N+](=O)[O-]. The van der Waals surface area contributed by atoms with E-state index in [9.17, 15) is 14.9 Å². The van der Waals surface area contributed by atoms with Gasteiger partial charge in [-0.3, -0.25) is 14.9 Å².